The van der Waals surface area contributed by atoms with Gasteiger partial charge in [0.2, 0.25) is 0 Å². The molecule has 0 aliphatic rings. The van der Waals surface area contributed by atoms with Crippen molar-refractivity contribution in [3.8, 4) is 12.0 Å². The largest absolute Gasteiger partial charge is 0.508 e. The van der Waals surface area contributed by atoms with Crippen molar-refractivity contribution in [2.45, 2.75) is 26.2 Å². The Morgan fingerprint density at radius 2 is 1.64 bits per heavy atom. The Morgan fingerprint density at radius 3 is 1.93 bits per heavy atom. The van der Waals surface area contributed by atoms with Crippen molar-refractivity contribution in [2.24, 2.45) is 0 Å². The molecule has 0 aliphatic heterocycles. The lowest BCUT2D eigenvalue weighted by Gasteiger charge is -2.19. The second kappa shape index (κ2) is 5.13. The molecule has 0 bridgehead atoms. The fourth-order valence-electron chi connectivity index (χ4n) is 1.11. The molecule has 0 amide bonds. The van der Waals surface area contributed by atoms with E-state index in [0.717, 1.165) is 11.8 Å². The summed E-state index contributed by atoms with van der Waals surface area (Å²) < 4.78 is 0. The highest BCUT2D eigenvalue weighted by atomic mass is 16.3. The minimum Gasteiger partial charge on any atom is -0.508 e. The van der Waals surface area contributed by atoms with Crippen LogP contribution in [0, 0.1) is 11.5 Å². The van der Waals surface area contributed by atoms with Gasteiger partial charge in [-0.15, -0.1) is 0 Å². The first kappa shape index (κ1) is 12.3. The van der Waals surface area contributed by atoms with Gasteiger partial charge >= 0.3 is 0 Å². The van der Waals surface area contributed by atoms with Crippen LogP contribution in [0.1, 0.15) is 26.3 Å². The molecular formula is C11H15NO2. The zero-order chi connectivity index (χ0) is 11.2. The quantitative estimate of drug-likeness (QED) is 0.622. The average Bonchev–Trinajstić information content (AvgIpc) is 2.04. The maximum absolute atomic E-state index is 9.45. The second-order valence-electron chi connectivity index (χ2n) is 3.87. The highest BCUT2D eigenvalue weighted by Crippen LogP contribution is 2.29. The zero-order valence-electron chi connectivity index (χ0n) is 8.65. The van der Waals surface area contributed by atoms with E-state index in [2.05, 4.69) is 20.8 Å². The van der Waals surface area contributed by atoms with E-state index < -0.39 is 0 Å². The normalized spacial score (nSPS) is 9.57. The summed E-state index contributed by atoms with van der Waals surface area (Å²) in [5.41, 5.74) is 1.03. The maximum atomic E-state index is 9.45. The van der Waals surface area contributed by atoms with Crippen LogP contribution in [0.25, 0.3) is 0 Å². The van der Waals surface area contributed by atoms with E-state index in [4.69, 9.17) is 10.4 Å². The number of para-hydroxylation sites is 1. The Hall–Kier alpha value is -1.69. The van der Waals surface area contributed by atoms with Crippen LogP contribution in [0.3, 0.4) is 0 Å². The summed E-state index contributed by atoms with van der Waals surface area (Å²) in [6, 6.07) is 7.46. The third kappa shape index (κ3) is 3.81. The Labute approximate surface area is 84.2 Å². The summed E-state index contributed by atoms with van der Waals surface area (Å²) >= 11 is 0. The van der Waals surface area contributed by atoms with Gasteiger partial charge < -0.3 is 10.2 Å². The summed E-state index contributed by atoms with van der Waals surface area (Å²) in [7, 11) is 0. The van der Waals surface area contributed by atoms with Gasteiger partial charge in [0.05, 0.1) is 0 Å². The molecule has 0 saturated heterocycles. The van der Waals surface area contributed by atoms with E-state index in [0.29, 0.717) is 5.75 Å². The molecular weight excluding hydrogens is 178 g/mol. The SMILES string of the molecule is CC(C)(C)c1ccccc1O.N#CO. The number of phenolic OH excluding ortho intramolecular Hbond substituents is 1. The molecule has 3 nitrogen and oxygen atoms in total. The number of benzene rings is 1. The van der Waals surface area contributed by atoms with Crippen molar-refractivity contribution >= 4 is 0 Å². The lowest BCUT2D eigenvalue weighted by Crippen LogP contribution is -2.10. The Kier molecular flexibility index (Phi) is 4.51. The summed E-state index contributed by atoms with van der Waals surface area (Å²) in [5, 5.41) is 23.2. The second-order valence-corrected chi connectivity index (χ2v) is 3.87. The highest BCUT2D eigenvalue weighted by Gasteiger charge is 2.16. The third-order valence-corrected chi connectivity index (χ3v) is 1.71. The molecule has 0 heterocycles. The Bertz CT molecular complexity index is 321. The van der Waals surface area contributed by atoms with Crippen molar-refractivity contribution in [1.82, 2.24) is 0 Å². The molecule has 1 aromatic rings. The summed E-state index contributed by atoms with van der Waals surface area (Å²) in [4.78, 5) is 0. The monoisotopic (exact) mass is 193 g/mol. The van der Waals surface area contributed by atoms with Gasteiger partial charge in [0, 0.05) is 0 Å². The standard InChI is InChI=1S/C10H14O.CHNO/c1-10(2,3)8-6-4-5-7-9(8)11;2-1-3/h4-7,11H,1-3H3;3H. The van der Waals surface area contributed by atoms with Crippen LogP contribution < -0.4 is 0 Å². The van der Waals surface area contributed by atoms with Gasteiger partial charge in [0.25, 0.3) is 6.26 Å². The van der Waals surface area contributed by atoms with Gasteiger partial charge in [0.1, 0.15) is 5.75 Å². The van der Waals surface area contributed by atoms with Crippen molar-refractivity contribution < 1.29 is 10.2 Å². The molecule has 0 radical (unpaired) electrons. The number of aliphatic hydroxyl groups is 1. The zero-order valence-corrected chi connectivity index (χ0v) is 8.65. The molecule has 0 unspecified atom stereocenters. The summed E-state index contributed by atoms with van der Waals surface area (Å²) in [5.74, 6) is 0.389. The lowest BCUT2D eigenvalue weighted by molar-refractivity contribution is 0.447. The molecule has 14 heavy (non-hydrogen) atoms. The molecule has 3 heteroatoms. The topological polar surface area (TPSA) is 64.2 Å². The molecule has 1 rings (SSSR count). The number of nitriles is 1. The number of phenols is 1. The van der Waals surface area contributed by atoms with Crippen LogP contribution in [-0.2, 0) is 5.41 Å². The minimum absolute atomic E-state index is 0.0331. The molecule has 1 aromatic carbocycles. The smallest absolute Gasteiger partial charge is 0.283 e. The van der Waals surface area contributed by atoms with Gasteiger partial charge in [-0.05, 0) is 17.0 Å². The molecule has 2 N–H and O–H groups in total. The predicted octanol–water partition coefficient (Wildman–Crippen LogP) is 2.53. The first-order chi connectivity index (χ1) is 6.43. The van der Waals surface area contributed by atoms with Crippen molar-refractivity contribution in [1.29, 1.82) is 5.26 Å². The van der Waals surface area contributed by atoms with E-state index >= 15 is 0 Å². The number of rotatable bonds is 0. The van der Waals surface area contributed by atoms with E-state index in [1.54, 1.807) is 6.07 Å². The Morgan fingerprint density at radius 1 is 1.21 bits per heavy atom. The van der Waals surface area contributed by atoms with Gasteiger partial charge in [-0.3, -0.25) is 0 Å². The number of aromatic hydroxyl groups is 1. The van der Waals surface area contributed by atoms with E-state index in [1.807, 2.05) is 18.2 Å². The van der Waals surface area contributed by atoms with Gasteiger partial charge in [-0.1, -0.05) is 39.0 Å². The molecule has 0 aliphatic carbocycles. The molecule has 0 fully saturated rings. The van der Waals surface area contributed by atoms with Crippen LogP contribution >= 0.6 is 0 Å². The number of hydrogen-bond donors (Lipinski definition) is 2. The Balaban J connectivity index is 0.000000500. The van der Waals surface area contributed by atoms with E-state index in [9.17, 15) is 5.11 Å². The summed E-state index contributed by atoms with van der Waals surface area (Å²) in [6.45, 7) is 6.26. The first-order valence-corrected chi connectivity index (χ1v) is 4.25. The fourth-order valence-corrected chi connectivity index (χ4v) is 1.11. The summed E-state index contributed by atoms with van der Waals surface area (Å²) in [6.07, 6.45) is 0.750. The molecule has 76 valence electrons. The average molecular weight is 193 g/mol. The van der Waals surface area contributed by atoms with Gasteiger partial charge in [-0.25, -0.2) is 0 Å². The highest BCUT2D eigenvalue weighted by molar-refractivity contribution is 5.36. The van der Waals surface area contributed by atoms with Gasteiger partial charge in [-0.2, -0.15) is 5.26 Å². The molecule has 0 spiro atoms. The third-order valence-electron chi connectivity index (χ3n) is 1.71. The minimum atomic E-state index is 0.0331. The van der Waals surface area contributed by atoms with E-state index in [1.165, 1.54) is 0 Å². The number of hydrogen-bond acceptors (Lipinski definition) is 3. The van der Waals surface area contributed by atoms with Crippen LogP contribution in [0.2, 0.25) is 0 Å². The maximum Gasteiger partial charge on any atom is 0.283 e. The molecule has 0 saturated carbocycles. The van der Waals surface area contributed by atoms with Gasteiger partial charge in [0.15, 0.2) is 0 Å². The van der Waals surface area contributed by atoms with Crippen molar-refractivity contribution in [3.63, 3.8) is 0 Å². The van der Waals surface area contributed by atoms with Crippen molar-refractivity contribution in [2.75, 3.05) is 0 Å². The van der Waals surface area contributed by atoms with Crippen LogP contribution in [0.15, 0.2) is 24.3 Å². The lowest BCUT2D eigenvalue weighted by atomic mass is 9.86. The molecule has 0 aromatic heterocycles. The van der Waals surface area contributed by atoms with Crippen LogP contribution in [-0.4, -0.2) is 10.2 Å². The van der Waals surface area contributed by atoms with E-state index in [-0.39, 0.29) is 5.41 Å². The first-order valence-electron chi connectivity index (χ1n) is 4.25. The number of aliphatic hydroxyl groups excluding tert-OH is 1. The number of nitrogens with zero attached hydrogens (tertiary/aromatic N) is 1. The predicted molar refractivity (Wildman–Crippen MR) is 54.4 cm³/mol. The van der Waals surface area contributed by atoms with Crippen LogP contribution in [0.4, 0.5) is 0 Å². The van der Waals surface area contributed by atoms with Crippen molar-refractivity contribution in [3.05, 3.63) is 29.8 Å². The molecule has 0 atom stereocenters. The van der Waals surface area contributed by atoms with Crippen LogP contribution in [0.5, 0.6) is 5.75 Å². The fraction of sp³-hybridized carbons (Fsp3) is 0.364.